The Bertz CT molecular complexity index is 172. The maximum atomic E-state index is 8.74. The van der Waals surface area contributed by atoms with Gasteiger partial charge in [0.1, 0.15) is 0 Å². The molecule has 0 aromatic heterocycles. The van der Waals surface area contributed by atoms with E-state index in [1.807, 2.05) is 0 Å². The van der Waals surface area contributed by atoms with Crippen molar-refractivity contribution in [1.82, 2.24) is 18.5 Å². The average Bonchev–Trinajstić information content (AvgIpc) is 1.19. The predicted molar refractivity (Wildman–Crippen MR) is 62.0 cm³/mol. The van der Waals surface area contributed by atoms with Crippen LogP contribution in [-0.2, 0) is 10.4 Å². The summed E-state index contributed by atoms with van der Waals surface area (Å²) >= 11 is 0. The van der Waals surface area contributed by atoms with Crippen LogP contribution in [0.25, 0.3) is 12.3 Å². The van der Waals surface area contributed by atoms with E-state index in [9.17, 15) is 0 Å². The summed E-state index contributed by atoms with van der Waals surface area (Å²) in [6.45, 7) is 0. The van der Waals surface area contributed by atoms with Gasteiger partial charge in [-0.3, -0.25) is 9.11 Å². The fourth-order valence-electron chi connectivity index (χ4n) is 0. The maximum absolute atomic E-state index is 8.74. The van der Waals surface area contributed by atoms with E-state index in [-0.39, 0.29) is 99.9 Å². The molecular weight excluding hydrogens is 301 g/mol. The normalized spacial score (nSPS) is 4.82. The minimum absolute atomic E-state index is 0. The molecule has 0 amide bonds. The fourth-order valence-corrected chi connectivity index (χ4v) is 0. The first-order valence-electron chi connectivity index (χ1n) is 1.26. The van der Waals surface area contributed by atoms with Gasteiger partial charge in [-0.25, -0.2) is 0 Å². The SMILES string of the molecule is N.N.N.O=S(=O)(O)O.O=[N+]([O-])O.[Mg+2].[Mg+2].[Mg+2].[N-3].[N-3]. The number of rotatable bonds is 0. The monoisotopic (exact) mass is 312 g/mol. The molecule has 0 aliphatic carbocycles. The number of nitrogens with zero attached hydrogens (tertiary/aromatic N) is 3. The first-order valence-corrected chi connectivity index (χ1v) is 2.66. The molecule has 0 bridgehead atoms. The fraction of sp³-hybridized carbons (Fsp3) is 0. The van der Waals surface area contributed by atoms with Crippen molar-refractivity contribution in [2.24, 2.45) is 0 Å². The van der Waals surface area contributed by atoms with Gasteiger partial charge in [0.15, 0.2) is 0 Å². The zero-order valence-electron chi connectivity index (χ0n) is 8.97. The minimum Gasteiger partial charge on any atom is -3.00 e. The van der Waals surface area contributed by atoms with E-state index in [0.29, 0.717) is 0 Å². The molecule has 0 saturated carbocycles. The summed E-state index contributed by atoms with van der Waals surface area (Å²) in [5, 5.41) is 13.6. The summed E-state index contributed by atoms with van der Waals surface area (Å²) in [5.41, 5.74) is 0. The summed E-state index contributed by atoms with van der Waals surface area (Å²) in [6, 6.07) is 0. The molecule has 0 radical (unpaired) electrons. The molecule has 12 N–H and O–H groups in total. The van der Waals surface area contributed by atoms with Crippen LogP contribution >= 0.6 is 0 Å². The smallest absolute Gasteiger partial charge is 2.00 e. The van der Waals surface area contributed by atoms with Crippen LogP contribution < -0.4 is 18.5 Å². The molecule has 0 unspecified atom stereocenters. The molecular formula is H12Mg3N6O7S. The summed E-state index contributed by atoms with van der Waals surface area (Å²) in [4.78, 5) is 8.36. The summed E-state index contributed by atoms with van der Waals surface area (Å²) < 4.78 is 31.6. The van der Waals surface area contributed by atoms with Gasteiger partial charge in [-0.15, -0.1) is 10.1 Å². The molecule has 0 aliphatic rings. The van der Waals surface area contributed by atoms with E-state index in [0.717, 1.165) is 0 Å². The number of hydrogen-bond donors (Lipinski definition) is 6. The summed E-state index contributed by atoms with van der Waals surface area (Å²) in [5.74, 6) is 0. The van der Waals surface area contributed by atoms with Gasteiger partial charge in [-0.2, -0.15) is 8.42 Å². The Morgan fingerprint density at radius 1 is 0.882 bits per heavy atom. The van der Waals surface area contributed by atoms with Crippen molar-refractivity contribution in [2.75, 3.05) is 0 Å². The van der Waals surface area contributed by atoms with Crippen molar-refractivity contribution in [3.8, 4) is 0 Å². The van der Waals surface area contributed by atoms with Gasteiger partial charge in [0, 0.05) is 0 Å². The van der Waals surface area contributed by atoms with Crippen molar-refractivity contribution in [2.45, 2.75) is 0 Å². The molecule has 0 aromatic carbocycles. The molecule has 0 aromatic rings. The van der Waals surface area contributed by atoms with Crippen LogP contribution in [0.5, 0.6) is 0 Å². The van der Waals surface area contributed by atoms with E-state index in [1.165, 1.54) is 0 Å². The van der Waals surface area contributed by atoms with Gasteiger partial charge in [0.2, 0.25) is 0 Å². The van der Waals surface area contributed by atoms with Gasteiger partial charge in [-0.05, 0) is 0 Å². The second kappa shape index (κ2) is 43.4. The summed E-state index contributed by atoms with van der Waals surface area (Å²) in [7, 11) is -4.67. The van der Waals surface area contributed by atoms with Crippen LogP contribution in [0.2, 0.25) is 0 Å². The quantitative estimate of drug-likeness (QED) is 0.136. The van der Waals surface area contributed by atoms with Gasteiger partial charge in [0.05, 0.1) is 0 Å². The van der Waals surface area contributed by atoms with Crippen molar-refractivity contribution in [3.63, 3.8) is 0 Å². The van der Waals surface area contributed by atoms with Crippen LogP contribution in [0.4, 0.5) is 0 Å². The molecule has 0 atom stereocenters. The molecule has 17 heavy (non-hydrogen) atoms. The third kappa shape index (κ3) is 2890. The molecule has 0 rings (SSSR count). The van der Waals surface area contributed by atoms with Crippen LogP contribution in [0.3, 0.4) is 0 Å². The van der Waals surface area contributed by atoms with Crippen molar-refractivity contribution in [1.29, 1.82) is 0 Å². The summed E-state index contributed by atoms with van der Waals surface area (Å²) in [6.07, 6.45) is 0. The first kappa shape index (κ1) is 80.3. The van der Waals surface area contributed by atoms with Crippen molar-refractivity contribution >= 4 is 79.6 Å². The molecule has 17 heteroatoms. The molecule has 0 saturated heterocycles. The van der Waals surface area contributed by atoms with Crippen LogP contribution in [0, 0.1) is 10.1 Å². The zero-order valence-corrected chi connectivity index (χ0v) is 14.0. The van der Waals surface area contributed by atoms with Gasteiger partial charge >= 0.3 is 79.6 Å². The predicted octanol–water partition coefficient (Wildman–Crippen LogP) is -1.08. The first-order chi connectivity index (χ1) is 3.73. The molecule has 0 aliphatic heterocycles. The van der Waals surface area contributed by atoms with E-state index in [1.54, 1.807) is 0 Å². The van der Waals surface area contributed by atoms with E-state index in [4.69, 9.17) is 32.8 Å². The van der Waals surface area contributed by atoms with Crippen molar-refractivity contribution < 1.29 is 27.8 Å². The molecule has 96 valence electrons. The maximum Gasteiger partial charge on any atom is 2.00 e. The Morgan fingerprint density at radius 2 is 0.882 bits per heavy atom. The van der Waals surface area contributed by atoms with Gasteiger partial charge < -0.3 is 36.0 Å². The van der Waals surface area contributed by atoms with Crippen LogP contribution in [0.15, 0.2) is 0 Å². The second-order valence-electron chi connectivity index (χ2n) is 0.686. The Hall–Kier alpha value is 1.17. The Balaban J connectivity index is -0.00000000494. The van der Waals surface area contributed by atoms with E-state index in [2.05, 4.69) is 0 Å². The molecule has 13 nitrogen and oxygen atoms in total. The van der Waals surface area contributed by atoms with Gasteiger partial charge in [-0.1, -0.05) is 0 Å². The average molecular weight is 313 g/mol. The van der Waals surface area contributed by atoms with E-state index < -0.39 is 15.5 Å². The third-order valence-corrected chi connectivity index (χ3v) is 0. The number of hydrogen-bond acceptors (Lipinski definition) is 7. The second-order valence-corrected chi connectivity index (χ2v) is 1.58. The minimum atomic E-state index is -4.67. The molecule has 0 fully saturated rings. The largest absolute Gasteiger partial charge is 3.00 e. The molecule has 0 heterocycles. The Kier molecular flexibility index (Phi) is 205. The third-order valence-electron chi connectivity index (χ3n) is 0. The van der Waals surface area contributed by atoms with Crippen LogP contribution in [0.1, 0.15) is 0 Å². The Labute approximate surface area is 147 Å². The van der Waals surface area contributed by atoms with Crippen LogP contribution in [-0.4, -0.2) is 97.0 Å². The topological polar surface area (TPSA) is 304 Å². The molecule has 0 spiro atoms. The van der Waals surface area contributed by atoms with Gasteiger partial charge in [0.25, 0.3) is 5.09 Å². The Morgan fingerprint density at radius 3 is 0.882 bits per heavy atom. The standard InChI is InChI=1S/3Mg.HNO3.3H3N.2N.H2O4S/c;;;2-1(3)4;;;;;;1-5(2,3)4/h;;;(H,2,3,4);3*1H3;;;(H2,1,2,3,4)/q3*+2;;;;;2*-3;. The zero-order chi connectivity index (χ0) is 8.08. The van der Waals surface area contributed by atoms with E-state index >= 15 is 0 Å². The van der Waals surface area contributed by atoms with Crippen molar-refractivity contribution in [3.05, 3.63) is 22.4 Å².